The molecule has 73 heavy (non-hydrogen) atoms. The van der Waals surface area contributed by atoms with Crippen molar-refractivity contribution in [3.8, 4) is 22.6 Å². The summed E-state index contributed by atoms with van der Waals surface area (Å²) in [6.45, 7) is 29.3. The Morgan fingerprint density at radius 2 is 0.795 bits per heavy atom. The topological polar surface area (TPSA) is 59.0 Å². The lowest BCUT2D eigenvalue weighted by Gasteiger charge is -2.43. The number of aryl methyl sites for hydroxylation is 2. The zero-order chi connectivity index (χ0) is 50.8. The Morgan fingerprint density at radius 3 is 1.19 bits per heavy atom. The molecule has 0 saturated heterocycles. The molecule has 7 heteroatoms. The number of nitrogens with zero attached hydrogens (tertiary/aromatic N) is 2. The zero-order valence-corrected chi connectivity index (χ0v) is 44.3. The number of rotatable bonds is 4. The Balaban J connectivity index is 1.18. The van der Waals surface area contributed by atoms with Crippen molar-refractivity contribution in [2.45, 2.75) is 106 Å². The number of para-hydroxylation sites is 2. The molecule has 0 unspecified atom stereocenters. The molecular weight excluding hydrogens is 896 g/mol. The van der Waals surface area contributed by atoms with E-state index in [0.717, 1.165) is 140 Å². The van der Waals surface area contributed by atoms with Crippen LogP contribution in [0.4, 0.5) is 34.1 Å². The molecule has 0 aliphatic carbocycles. The lowest BCUT2D eigenvalue weighted by molar-refractivity contribution is 0.590. The van der Waals surface area contributed by atoms with Crippen molar-refractivity contribution in [3.05, 3.63) is 172 Å². The lowest BCUT2D eigenvalue weighted by Crippen LogP contribution is -2.60. The van der Waals surface area contributed by atoms with Crippen LogP contribution < -0.4 is 26.6 Å². The molecule has 362 valence electrons. The van der Waals surface area contributed by atoms with Crippen molar-refractivity contribution < 1.29 is 17.7 Å². The fourth-order valence-electron chi connectivity index (χ4n) is 11.9. The van der Waals surface area contributed by atoms with Gasteiger partial charge in [0, 0.05) is 44.0 Å². The van der Waals surface area contributed by atoms with E-state index in [1.165, 1.54) is 16.7 Å². The monoisotopic (exact) mass is 956 g/mol. The van der Waals surface area contributed by atoms with Gasteiger partial charge >= 0.3 is 6.71 Å². The molecule has 2 aliphatic heterocycles. The fraction of sp³-hybridized carbons (Fsp3) is 0.242. The first kappa shape index (κ1) is 45.2. The number of anilines is 6. The lowest BCUT2D eigenvalue weighted by atomic mass is 9.37. The third-order valence-electron chi connectivity index (χ3n) is 15.9. The van der Waals surface area contributed by atoms with Crippen molar-refractivity contribution in [1.29, 1.82) is 0 Å². The minimum Gasteiger partial charge on any atom is -0.468 e. The third-order valence-corrected chi connectivity index (χ3v) is 15.9. The van der Waals surface area contributed by atoms with Gasteiger partial charge in [0.1, 0.15) is 45.2 Å². The summed E-state index contributed by atoms with van der Waals surface area (Å²) >= 11 is 0. The molecule has 0 N–H and O–H groups in total. The average molecular weight is 957 g/mol. The minimum atomic E-state index is -0.383. The van der Waals surface area contributed by atoms with Gasteiger partial charge < -0.3 is 27.5 Å². The molecule has 13 rings (SSSR count). The second kappa shape index (κ2) is 15.4. The minimum absolute atomic E-state index is 0.107. The van der Waals surface area contributed by atoms with Crippen molar-refractivity contribution in [2.24, 2.45) is 0 Å². The van der Waals surface area contributed by atoms with Crippen LogP contribution in [-0.2, 0) is 16.2 Å². The van der Waals surface area contributed by atoms with Crippen LogP contribution in [0.5, 0.6) is 0 Å². The predicted molar refractivity (Wildman–Crippen MR) is 305 cm³/mol. The van der Waals surface area contributed by atoms with E-state index in [2.05, 4.69) is 209 Å². The van der Waals surface area contributed by atoms with Gasteiger partial charge in [0.15, 0.2) is 0 Å². The zero-order valence-electron chi connectivity index (χ0n) is 44.3. The van der Waals surface area contributed by atoms with Crippen LogP contribution in [-0.4, -0.2) is 6.71 Å². The maximum atomic E-state index is 7.47. The molecular formula is C66H61BN2O4. The number of fused-ring (bicyclic) bond motifs is 10. The summed E-state index contributed by atoms with van der Waals surface area (Å²) in [6, 6.07) is 48.4. The predicted octanol–water partition coefficient (Wildman–Crippen LogP) is 17.2. The molecule has 11 aromatic rings. The van der Waals surface area contributed by atoms with Crippen molar-refractivity contribution >= 4 is 101 Å². The molecule has 7 aromatic carbocycles. The molecule has 0 atom stereocenters. The molecule has 2 aliphatic rings. The molecule has 6 nitrogen and oxygen atoms in total. The molecule has 0 fully saturated rings. The quantitative estimate of drug-likeness (QED) is 0.164. The van der Waals surface area contributed by atoms with E-state index >= 15 is 0 Å². The summed E-state index contributed by atoms with van der Waals surface area (Å²) in [7, 11) is 0. The van der Waals surface area contributed by atoms with Gasteiger partial charge in [-0.15, -0.1) is 0 Å². The second-order valence-electron chi connectivity index (χ2n) is 23.9. The van der Waals surface area contributed by atoms with Gasteiger partial charge in [0.05, 0.1) is 22.7 Å². The molecule has 0 bridgehead atoms. The van der Waals surface area contributed by atoms with E-state index in [1.54, 1.807) is 0 Å². The van der Waals surface area contributed by atoms with Crippen molar-refractivity contribution in [1.82, 2.24) is 0 Å². The largest absolute Gasteiger partial charge is 0.468 e. The molecule has 4 aromatic heterocycles. The summed E-state index contributed by atoms with van der Waals surface area (Å²) in [6.07, 6.45) is 0. The third kappa shape index (κ3) is 6.77. The summed E-state index contributed by atoms with van der Waals surface area (Å²) in [5, 5.41) is 4.31. The molecule has 0 saturated carbocycles. The van der Waals surface area contributed by atoms with Crippen LogP contribution in [0.25, 0.3) is 66.5 Å². The van der Waals surface area contributed by atoms with Gasteiger partial charge in [0.2, 0.25) is 0 Å². The Hall–Kier alpha value is -7.64. The highest BCUT2D eigenvalue weighted by molar-refractivity contribution is 6.99. The summed E-state index contributed by atoms with van der Waals surface area (Å²) in [5.74, 6) is 1.69. The van der Waals surface area contributed by atoms with Gasteiger partial charge in [-0.2, -0.15) is 0 Å². The maximum Gasteiger partial charge on any atom is 0.342 e. The first-order valence-electron chi connectivity index (χ1n) is 25.9. The Bertz CT molecular complexity index is 3800. The Morgan fingerprint density at radius 1 is 0.384 bits per heavy atom. The van der Waals surface area contributed by atoms with Gasteiger partial charge in [-0.05, 0) is 149 Å². The number of furan rings is 4. The van der Waals surface area contributed by atoms with Crippen LogP contribution >= 0.6 is 0 Å². The van der Waals surface area contributed by atoms with Crippen LogP contribution in [0.1, 0.15) is 101 Å². The van der Waals surface area contributed by atoms with E-state index < -0.39 is 0 Å². The molecule has 0 spiro atoms. The highest BCUT2D eigenvalue weighted by Gasteiger charge is 2.51. The summed E-state index contributed by atoms with van der Waals surface area (Å²) < 4.78 is 28.3. The summed E-state index contributed by atoms with van der Waals surface area (Å²) in [5.41, 5.74) is 22.7. The number of hydrogen-bond acceptors (Lipinski definition) is 6. The SMILES string of the molecule is Cc1ccc(-c2cc3ccccc3o2)c(C)c1N1c2cc(C(C)(C)C)cc3c2B(c2oc4ccc(C(C)(C)C)cc4c21)c1oc2ccc(C(C)(C)C)cc2c1N3c1c(C)ccc(-c2cc3ccccc3o2)c1C. The number of benzene rings is 7. The van der Waals surface area contributed by atoms with Crippen LogP contribution in [0.2, 0.25) is 0 Å². The van der Waals surface area contributed by atoms with E-state index in [9.17, 15) is 0 Å². The van der Waals surface area contributed by atoms with E-state index in [1.807, 2.05) is 24.3 Å². The first-order chi connectivity index (χ1) is 34.7. The molecule has 6 heterocycles. The smallest absolute Gasteiger partial charge is 0.342 e. The van der Waals surface area contributed by atoms with E-state index in [4.69, 9.17) is 17.7 Å². The molecule has 0 radical (unpaired) electrons. The summed E-state index contributed by atoms with van der Waals surface area (Å²) in [4.78, 5) is 5.09. The van der Waals surface area contributed by atoms with Gasteiger partial charge in [-0.3, -0.25) is 0 Å². The highest BCUT2D eigenvalue weighted by Crippen LogP contribution is 2.54. The standard InChI is InChI=1S/C66H61BN2O4/c1-36-22-26-45(55-30-40-18-14-16-20-51(40)70-55)38(3)58(36)68-49-34-44(66(11,12)13)35-50-57(49)67(62-60(68)47-32-42(64(5,6)7)24-28-53(47)72-62)63-61(48-33-43(65(8,9)10)25-29-54(48)73-63)69(50)59-37(2)23-27-46(39(59)4)56-31-41-19-15-17-21-52(41)71-56/h14-35H,1-13H3. The van der Waals surface area contributed by atoms with Crippen LogP contribution in [0.3, 0.4) is 0 Å². The second-order valence-corrected chi connectivity index (χ2v) is 23.9. The van der Waals surface area contributed by atoms with E-state index in [-0.39, 0.29) is 23.0 Å². The van der Waals surface area contributed by atoms with Crippen LogP contribution in [0.15, 0.2) is 151 Å². The normalized spacial score (nSPS) is 13.7. The Labute approximate surface area is 428 Å². The van der Waals surface area contributed by atoms with Crippen LogP contribution in [0, 0.1) is 27.7 Å². The number of hydrogen-bond donors (Lipinski definition) is 0. The van der Waals surface area contributed by atoms with Gasteiger partial charge in [-0.25, -0.2) is 0 Å². The van der Waals surface area contributed by atoms with E-state index in [0.29, 0.717) is 0 Å². The van der Waals surface area contributed by atoms with Crippen molar-refractivity contribution in [2.75, 3.05) is 9.80 Å². The first-order valence-corrected chi connectivity index (χ1v) is 25.9. The van der Waals surface area contributed by atoms with Crippen molar-refractivity contribution in [3.63, 3.8) is 0 Å². The average Bonchev–Trinajstić information content (AvgIpc) is 4.14. The molecule has 0 amide bonds. The maximum absolute atomic E-state index is 7.47. The Kier molecular flexibility index (Phi) is 9.57. The van der Waals surface area contributed by atoms with Gasteiger partial charge in [0.25, 0.3) is 0 Å². The fourth-order valence-corrected chi connectivity index (χ4v) is 11.9. The highest BCUT2D eigenvalue weighted by atomic mass is 16.4. The van der Waals surface area contributed by atoms with Gasteiger partial charge in [-0.1, -0.05) is 135 Å².